The molecular weight excluding hydrogens is 434 g/mol. The van der Waals surface area contributed by atoms with Gasteiger partial charge >= 0.3 is 11.9 Å². The van der Waals surface area contributed by atoms with E-state index in [1.165, 1.54) is 77.0 Å². The SMILES string of the molecule is CCCCCCCCCCCCCCCC/C=C/[N+](CCC(=O)[O-])(CCC(=O)O)CCC(=O)O. The van der Waals surface area contributed by atoms with Crippen molar-refractivity contribution in [1.29, 1.82) is 0 Å². The van der Waals surface area contributed by atoms with Gasteiger partial charge in [0.15, 0.2) is 0 Å². The lowest BCUT2D eigenvalue weighted by Gasteiger charge is -2.34. The maximum absolute atomic E-state index is 11.1. The van der Waals surface area contributed by atoms with Crippen LogP contribution in [0.4, 0.5) is 0 Å². The predicted octanol–water partition coefficient (Wildman–Crippen LogP) is 5.28. The van der Waals surface area contributed by atoms with Gasteiger partial charge in [0.05, 0.1) is 38.7 Å². The Hall–Kier alpha value is -1.89. The van der Waals surface area contributed by atoms with Crippen LogP contribution >= 0.6 is 0 Å². The van der Waals surface area contributed by atoms with Crippen molar-refractivity contribution in [3.8, 4) is 0 Å². The van der Waals surface area contributed by atoms with Crippen LogP contribution in [0.3, 0.4) is 0 Å². The van der Waals surface area contributed by atoms with Crippen molar-refractivity contribution in [3.05, 3.63) is 12.3 Å². The molecule has 0 aromatic heterocycles. The normalized spacial score (nSPS) is 11.8. The Morgan fingerprint density at radius 3 is 1.41 bits per heavy atom. The number of rotatable bonds is 25. The van der Waals surface area contributed by atoms with Crippen LogP contribution in [-0.2, 0) is 14.4 Å². The highest BCUT2D eigenvalue weighted by atomic mass is 16.4. The van der Waals surface area contributed by atoms with E-state index in [-0.39, 0.29) is 43.4 Å². The first kappa shape index (κ1) is 32.1. The molecule has 0 rings (SSSR count). The molecule has 0 bridgehead atoms. The van der Waals surface area contributed by atoms with Crippen LogP contribution in [0.15, 0.2) is 12.3 Å². The molecule has 0 aromatic rings. The molecule has 198 valence electrons. The number of aliphatic carboxylic acids is 3. The van der Waals surface area contributed by atoms with E-state index in [0.29, 0.717) is 0 Å². The third-order valence-electron chi connectivity index (χ3n) is 6.45. The summed E-state index contributed by atoms with van der Waals surface area (Å²) >= 11 is 0. The van der Waals surface area contributed by atoms with Crippen molar-refractivity contribution in [1.82, 2.24) is 0 Å². The Labute approximate surface area is 206 Å². The number of hydrogen-bond acceptors (Lipinski definition) is 4. The molecule has 0 aliphatic carbocycles. The number of carboxylic acids is 3. The van der Waals surface area contributed by atoms with Crippen LogP contribution in [0.5, 0.6) is 0 Å². The number of nitrogens with zero attached hydrogens (tertiary/aromatic N) is 1. The number of allylic oxidation sites excluding steroid dienone is 1. The summed E-state index contributed by atoms with van der Waals surface area (Å²) < 4.78 is 0.0468. The quantitative estimate of drug-likeness (QED) is 0.135. The van der Waals surface area contributed by atoms with Gasteiger partial charge in [-0.1, -0.05) is 90.4 Å². The molecule has 0 saturated heterocycles. The average molecular weight is 484 g/mol. The molecular formula is C27H49NO6. The second-order valence-corrected chi connectivity index (χ2v) is 9.57. The van der Waals surface area contributed by atoms with Gasteiger partial charge in [0.25, 0.3) is 0 Å². The molecule has 0 amide bonds. The van der Waals surface area contributed by atoms with Crippen LogP contribution in [-0.4, -0.2) is 52.2 Å². The maximum atomic E-state index is 11.1. The van der Waals surface area contributed by atoms with Gasteiger partial charge in [-0.05, 0) is 18.9 Å². The van der Waals surface area contributed by atoms with Gasteiger partial charge in [0, 0.05) is 12.4 Å². The number of carbonyl (C=O) groups excluding carboxylic acids is 1. The lowest BCUT2D eigenvalue weighted by molar-refractivity contribution is -0.878. The largest absolute Gasteiger partial charge is 0.550 e. The van der Waals surface area contributed by atoms with Crippen LogP contribution < -0.4 is 5.11 Å². The standard InChI is InChI=1S/C27H49NO6/c1-2-3-4-5-6-7-8-9-10-11-12-13-14-15-16-17-21-28(22-18-25(29)30,23-19-26(31)32)24-20-27(33)34/h17,21H,2-16,18-20,22-24H2,1H3,(H2-,29,30,31,32,33,34)/b21-17+. The van der Waals surface area contributed by atoms with Crippen LogP contribution in [0.1, 0.15) is 122 Å². The molecule has 0 unspecified atom stereocenters. The van der Waals surface area contributed by atoms with Crippen molar-refractivity contribution < 1.29 is 34.2 Å². The molecule has 0 saturated carbocycles. The molecule has 0 radical (unpaired) electrons. The molecule has 7 heteroatoms. The minimum absolute atomic E-state index is 0.0468. The summed E-state index contributed by atoms with van der Waals surface area (Å²) in [5, 5.41) is 29.1. The number of quaternary nitrogens is 1. The Kier molecular flexibility index (Phi) is 20.4. The van der Waals surface area contributed by atoms with Gasteiger partial charge in [-0.3, -0.25) is 14.1 Å². The third kappa shape index (κ3) is 20.7. The zero-order valence-corrected chi connectivity index (χ0v) is 21.5. The number of hydrogen-bond donors (Lipinski definition) is 2. The van der Waals surface area contributed by atoms with Crippen molar-refractivity contribution >= 4 is 17.9 Å². The first-order valence-electron chi connectivity index (χ1n) is 13.5. The van der Waals surface area contributed by atoms with Gasteiger partial charge in [-0.25, -0.2) is 0 Å². The lowest BCUT2D eigenvalue weighted by atomic mass is 10.0. The summed E-state index contributed by atoms with van der Waals surface area (Å²) in [7, 11) is 0. The Morgan fingerprint density at radius 2 is 1.03 bits per heavy atom. The van der Waals surface area contributed by atoms with Crippen LogP contribution in [0.25, 0.3) is 0 Å². The zero-order valence-electron chi connectivity index (χ0n) is 21.5. The molecule has 34 heavy (non-hydrogen) atoms. The fraction of sp³-hybridized carbons (Fsp3) is 0.815. The van der Waals surface area contributed by atoms with E-state index in [0.717, 1.165) is 19.3 Å². The third-order valence-corrected chi connectivity index (χ3v) is 6.45. The van der Waals surface area contributed by atoms with Crippen LogP contribution in [0, 0.1) is 0 Å². The molecule has 0 aliphatic heterocycles. The molecule has 0 spiro atoms. The highest BCUT2D eigenvalue weighted by Crippen LogP contribution is 2.16. The van der Waals surface area contributed by atoms with E-state index in [9.17, 15) is 19.5 Å². The second-order valence-electron chi connectivity index (χ2n) is 9.57. The summed E-state index contributed by atoms with van der Waals surface area (Å²) in [4.78, 5) is 33.1. The fourth-order valence-electron chi connectivity index (χ4n) is 4.26. The zero-order chi connectivity index (χ0) is 25.5. The van der Waals surface area contributed by atoms with E-state index < -0.39 is 17.9 Å². The first-order valence-corrected chi connectivity index (χ1v) is 13.5. The molecule has 0 aliphatic rings. The van der Waals surface area contributed by atoms with Crippen molar-refractivity contribution in [2.24, 2.45) is 0 Å². The Balaban J connectivity index is 4.17. The van der Waals surface area contributed by atoms with Crippen molar-refractivity contribution in [2.45, 2.75) is 122 Å². The molecule has 7 nitrogen and oxygen atoms in total. The predicted molar refractivity (Wildman–Crippen MR) is 133 cm³/mol. The smallest absolute Gasteiger partial charge is 0.309 e. The summed E-state index contributed by atoms with van der Waals surface area (Å²) in [5.74, 6) is -3.17. The highest BCUT2D eigenvalue weighted by molar-refractivity contribution is 5.67. The Morgan fingerprint density at radius 1 is 0.647 bits per heavy atom. The minimum atomic E-state index is -1.21. The molecule has 0 heterocycles. The first-order chi connectivity index (χ1) is 16.3. The van der Waals surface area contributed by atoms with Gasteiger partial charge in [-0.2, -0.15) is 0 Å². The molecule has 0 aromatic carbocycles. The molecule has 0 atom stereocenters. The number of carbonyl (C=O) groups is 3. The fourth-order valence-corrected chi connectivity index (χ4v) is 4.26. The summed E-state index contributed by atoms with van der Waals surface area (Å²) in [5.41, 5.74) is 0. The van der Waals surface area contributed by atoms with E-state index in [1.54, 1.807) is 0 Å². The number of unbranched alkanes of at least 4 members (excludes halogenated alkanes) is 14. The van der Waals surface area contributed by atoms with E-state index in [2.05, 4.69) is 6.92 Å². The number of carboxylic acid groups (broad SMARTS) is 3. The van der Waals surface area contributed by atoms with Crippen molar-refractivity contribution in [3.63, 3.8) is 0 Å². The highest BCUT2D eigenvalue weighted by Gasteiger charge is 2.26. The lowest BCUT2D eigenvalue weighted by Crippen LogP contribution is -2.48. The van der Waals surface area contributed by atoms with Gasteiger partial charge in [0.1, 0.15) is 0 Å². The minimum Gasteiger partial charge on any atom is -0.550 e. The summed E-state index contributed by atoms with van der Waals surface area (Å²) in [6.45, 7) is 2.73. The molecule has 0 fully saturated rings. The monoisotopic (exact) mass is 483 g/mol. The van der Waals surface area contributed by atoms with E-state index in [1.807, 2.05) is 12.3 Å². The maximum Gasteiger partial charge on any atom is 0.309 e. The average Bonchev–Trinajstić information content (AvgIpc) is 2.79. The Bertz CT molecular complexity index is 530. The summed E-state index contributed by atoms with van der Waals surface area (Å²) in [6, 6.07) is 0. The van der Waals surface area contributed by atoms with Gasteiger partial charge in [-0.15, -0.1) is 0 Å². The van der Waals surface area contributed by atoms with Crippen LogP contribution in [0.2, 0.25) is 0 Å². The molecule has 2 N–H and O–H groups in total. The summed E-state index contributed by atoms with van der Waals surface area (Å²) in [6.07, 6.45) is 22.2. The van der Waals surface area contributed by atoms with Crippen molar-refractivity contribution in [2.75, 3.05) is 19.6 Å². The van der Waals surface area contributed by atoms with Gasteiger partial charge < -0.3 is 20.1 Å². The topological polar surface area (TPSA) is 115 Å². The van der Waals surface area contributed by atoms with E-state index >= 15 is 0 Å². The second kappa shape index (κ2) is 21.6. The van der Waals surface area contributed by atoms with E-state index in [4.69, 9.17) is 10.2 Å². The van der Waals surface area contributed by atoms with Gasteiger partial charge in [0.2, 0.25) is 0 Å².